The highest BCUT2D eigenvalue weighted by molar-refractivity contribution is 6.06. The van der Waals surface area contributed by atoms with Gasteiger partial charge in [0.1, 0.15) is 24.1 Å². The average molecular weight is 565 g/mol. The Morgan fingerprint density at radius 2 is 1.79 bits per heavy atom. The number of hydrogen-bond donors (Lipinski definition) is 1. The van der Waals surface area contributed by atoms with Crippen LogP contribution in [0.3, 0.4) is 0 Å². The molecule has 216 valence electrons. The van der Waals surface area contributed by atoms with E-state index in [1.807, 2.05) is 50.2 Å². The van der Waals surface area contributed by atoms with Gasteiger partial charge in [0.05, 0.1) is 5.52 Å². The minimum Gasteiger partial charge on any atom is -0.352 e. The van der Waals surface area contributed by atoms with Gasteiger partial charge in [-0.1, -0.05) is 43.3 Å². The van der Waals surface area contributed by atoms with Crippen molar-refractivity contribution in [1.29, 1.82) is 0 Å². The Balaban J connectivity index is 1.20. The Bertz CT molecular complexity index is 1660. The minimum absolute atomic E-state index is 0.0132. The summed E-state index contributed by atoms with van der Waals surface area (Å²) in [7, 11) is 0. The van der Waals surface area contributed by atoms with Crippen LogP contribution in [0.5, 0.6) is 0 Å². The van der Waals surface area contributed by atoms with Gasteiger partial charge in [-0.15, -0.1) is 0 Å². The molecule has 9 nitrogen and oxygen atoms in total. The van der Waals surface area contributed by atoms with Crippen LogP contribution >= 0.6 is 0 Å². The number of benzene rings is 2. The van der Waals surface area contributed by atoms with Gasteiger partial charge in [-0.25, -0.2) is 9.97 Å². The Morgan fingerprint density at radius 3 is 2.50 bits per heavy atom. The van der Waals surface area contributed by atoms with E-state index in [1.54, 1.807) is 22.0 Å². The normalized spacial score (nSPS) is 21.7. The molecule has 3 heterocycles. The lowest BCUT2D eigenvalue weighted by molar-refractivity contribution is -0.140. The smallest absolute Gasteiger partial charge is 0.245 e. The topological polar surface area (TPSA) is 110 Å². The van der Waals surface area contributed by atoms with Crippen LogP contribution in [0.4, 0.5) is 0 Å². The largest absolute Gasteiger partial charge is 0.352 e. The number of rotatable bonds is 9. The standard InChI is InChI=1S/C33H36N6O3/c1-20(10-11-23-8-6-5-7-9-23)36-32(42)28-15-33(4)16-29(33)39(28)30(41)19-38-27-13-12-24(25-17-34-22(3)35-18-25)14-26(27)31(37-38)21(2)40/h5-9,12-14,17-18,20,28-29H,10-11,15-16,19H2,1-4H3,(H,36,42)/t20-,28+,29?,33+/m1/s1. The van der Waals surface area contributed by atoms with Gasteiger partial charge in [0, 0.05) is 42.4 Å². The number of amides is 2. The first-order valence-corrected chi connectivity index (χ1v) is 14.6. The molecule has 1 saturated carbocycles. The van der Waals surface area contributed by atoms with Crippen LogP contribution in [0.15, 0.2) is 60.9 Å². The summed E-state index contributed by atoms with van der Waals surface area (Å²) >= 11 is 0. The molecule has 2 amide bonds. The quantitative estimate of drug-likeness (QED) is 0.299. The number of carbonyl (C=O) groups excluding carboxylic acids is 3. The zero-order chi connectivity index (χ0) is 29.6. The van der Waals surface area contributed by atoms with Crippen LogP contribution in [0.25, 0.3) is 22.0 Å². The van der Waals surface area contributed by atoms with E-state index in [9.17, 15) is 14.4 Å². The molecule has 4 aromatic rings. The molecule has 9 heteroatoms. The molecule has 1 unspecified atom stereocenters. The van der Waals surface area contributed by atoms with Crippen LogP contribution in [-0.4, -0.2) is 60.4 Å². The number of aryl methyl sites for hydroxylation is 2. The number of carbonyl (C=O) groups is 3. The molecule has 2 aromatic carbocycles. The molecule has 0 spiro atoms. The van der Waals surface area contributed by atoms with E-state index in [0.717, 1.165) is 30.4 Å². The van der Waals surface area contributed by atoms with Crippen molar-refractivity contribution in [3.63, 3.8) is 0 Å². The van der Waals surface area contributed by atoms with Gasteiger partial charge in [-0.2, -0.15) is 5.10 Å². The van der Waals surface area contributed by atoms with Gasteiger partial charge in [0.2, 0.25) is 11.8 Å². The van der Waals surface area contributed by atoms with Crippen molar-refractivity contribution in [3.05, 3.63) is 78.0 Å². The van der Waals surface area contributed by atoms with Gasteiger partial charge >= 0.3 is 0 Å². The van der Waals surface area contributed by atoms with Crippen molar-refractivity contribution in [1.82, 2.24) is 30.0 Å². The second-order valence-corrected chi connectivity index (χ2v) is 12.1. The predicted octanol–water partition coefficient (Wildman–Crippen LogP) is 4.52. The highest BCUT2D eigenvalue weighted by Crippen LogP contribution is 2.59. The molecule has 2 aromatic heterocycles. The summed E-state index contributed by atoms with van der Waals surface area (Å²) in [4.78, 5) is 50.2. The summed E-state index contributed by atoms with van der Waals surface area (Å²) in [6.07, 6.45) is 6.74. The molecular weight excluding hydrogens is 528 g/mol. The fourth-order valence-corrected chi connectivity index (χ4v) is 6.29. The first-order chi connectivity index (χ1) is 20.1. The summed E-state index contributed by atoms with van der Waals surface area (Å²) in [6, 6.07) is 15.4. The van der Waals surface area contributed by atoms with Crippen molar-refractivity contribution < 1.29 is 14.4 Å². The third kappa shape index (κ3) is 5.31. The van der Waals surface area contributed by atoms with E-state index in [1.165, 1.54) is 12.5 Å². The minimum atomic E-state index is -0.511. The number of fused-ring (bicyclic) bond motifs is 2. The first-order valence-electron chi connectivity index (χ1n) is 14.6. The van der Waals surface area contributed by atoms with E-state index in [-0.39, 0.29) is 41.6 Å². The molecule has 0 radical (unpaired) electrons. The highest BCUT2D eigenvalue weighted by atomic mass is 16.2. The monoisotopic (exact) mass is 564 g/mol. The molecule has 4 atom stereocenters. The van der Waals surface area contributed by atoms with E-state index < -0.39 is 6.04 Å². The van der Waals surface area contributed by atoms with Crippen LogP contribution in [0.2, 0.25) is 0 Å². The van der Waals surface area contributed by atoms with Crippen molar-refractivity contribution in [3.8, 4) is 11.1 Å². The lowest BCUT2D eigenvalue weighted by Gasteiger charge is -2.28. The van der Waals surface area contributed by atoms with E-state index in [4.69, 9.17) is 0 Å². The molecule has 6 rings (SSSR count). The van der Waals surface area contributed by atoms with Crippen molar-refractivity contribution in [2.45, 2.75) is 78.0 Å². The molecule has 1 N–H and O–H groups in total. The van der Waals surface area contributed by atoms with Crippen LogP contribution in [0, 0.1) is 12.3 Å². The molecule has 1 saturated heterocycles. The Labute approximate surface area is 245 Å². The lowest BCUT2D eigenvalue weighted by Crippen LogP contribution is -2.50. The Kier molecular flexibility index (Phi) is 7.12. The van der Waals surface area contributed by atoms with Gasteiger partial charge < -0.3 is 10.2 Å². The van der Waals surface area contributed by atoms with E-state index in [2.05, 4.69) is 39.4 Å². The average Bonchev–Trinajstić information content (AvgIpc) is 3.34. The third-order valence-corrected chi connectivity index (χ3v) is 8.81. The van der Waals surface area contributed by atoms with E-state index >= 15 is 0 Å². The molecule has 0 bridgehead atoms. The number of likely N-dealkylation sites (tertiary alicyclic amines) is 1. The summed E-state index contributed by atoms with van der Waals surface area (Å²) in [6.45, 7) is 7.42. The third-order valence-electron chi connectivity index (χ3n) is 8.81. The molecule has 2 aliphatic rings. The van der Waals surface area contributed by atoms with E-state index in [0.29, 0.717) is 28.8 Å². The number of nitrogens with zero attached hydrogens (tertiary/aromatic N) is 5. The first kappa shape index (κ1) is 27.8. The number of nitrogens with one attached hydrogen (secondary N) is 1. The fourth-order valence-electron chi connectivity index (χ4n) is 6.29. The Morgan fingerprint density at radius 1 is 1.05 bits per heavy atom. The summed E-state index contributed by atoms with van der Waals surface area (Å²) < 4.78 is 1.60. The van der Waals surface area contributed by atoms with Crippen molar-refractivity contribution >= 4 is 28.5 Å². The number of ketones is 1. The molecular formula is C33H36N6O3. The second-order valence-electron chi connectivity index (χ2n) is 12.1. The highest BCUT2D eigenvalue weighted by Gasteiger charge is 2.64. The lowest BCUT2D eigenvalue weighted by atomic mass is 10.0. The molecule has 42 heavy (non-hydrogen) atoms. The van der Waals surface area contributed by atoms with Gasteiger partial charge in [-0.3, -0.25) is 19.1 Å². The molecule has 1 aliphatic heterocycles. The Hall–Kier alpha value is -4.40. The summed E-state index contributed by atoms with van der Waals surface area (Å²) in [5.41, 5.74) is 3.90. The summed E-state index contributed by atoms with van der Waals surface area (Å²) in [5, 5.41) is 8.40. The van der Waals surface area contributed by atoms with Crippen molar-refractivity contribution in [2.24, 2.45) is 5.41 Å². The maximum absolute atomic E-state index is 13.8. The zero-order valence-corrected chi connectivity index (χ0v) is 24.5. The second kappa shape index (κ2) is 10.8. The zero-order valence-electron chi connectivity index (χ0n) is 24.5. The number of hydrogen-bond acceptors (Lipinski definition) is 6. The van der Waals surface area contributed by atoms with Crippen LogP contribution < -0.4 is 5.32 Å². The van der Waals surface area contributed by atoms with Gasteiger partial charge in [-0.05, 0) is 68.2 Å². The fraction of sp³-hybridized carbons (Fsp3) is 0.394. The maximum Gasteiger partial charge on any atom is 0.245 e. The molecule has 2 fully saturated rings. The van der Waals surface area contributed by atoms with Crippen molar-refractivity contribution in [2.75, 3.05) is 0 Å². The number of piperidine rings is 1. The SMILES string of the molecule is CC(=O)c1nn(CC(=O)N2C3C[C@]3(C)C[C@H]2C(=O)N[C@H](C)CCc2ccccc2)c2ccc(-c3cnc(C)nc3)cc12. The maximum atomic E-state index is 13.8. The number of Topliss-reactive ketones (excluding diaryl/α,β-unsaturated/α-hetero) is 1. The van der Waals surface area contributed by atoms with Gasteiger partial charge in [0.15, 0.2) is 5.78 Å². The van der Waals surface area contributed by atoms with Crippen LogP contribution in [0.1, 0.15) is 61.9 Å². The number of aromatic nitrogens is 4. The van der Waals surface area contributed by atoms with Gasteiger partial charge in [0.25, 0.3) is 0 Å². The van der Waals surface area contributed by atoms with Crippen LogP contribution in [-0.2, 0) is 22.6 Å². The predicted molar refractivity (Wildman–Crippen MR) is 160 cm³/mol. The summed E-state index contributed by atoms with van der Waals surface area (Å²) in [5.74, 6) is 0.241. The molecule has 1 aliphatic carbocycles.